The molecule has 0 bridgehead atoms. The second-order valence-electron chi connectivity index (χ2n) is 5.65. The summed E-state index contributed by atoms with van der Waals surface area (Å²) in [7, 11) is 5.44. The van der Waals surface area contributed by atoms with Gasteiger partial charge in [0.25, 0.3) is 0 Å². The van der Waals surface area contributed by atoms with E-state index in [9.17, 15) is 4.79 Å². The number of piperidine rings is 1. The number of aromatic nitrogens is 2. The number of likely N-dealkylation sites (tertiary alicyclic amines) is 1. The third-order valence-electron chi connectivity index (χ3n) is 4.23. The number of guanidine groups is 1. The maximum atomic E-state index is 11.4. The Balaban J connectivity index is 0.00000264. The first-order valence-corrected chi connectivity index (χ1v) is 7.77. The number of carbonyl (C=O) groups is 1. The van der Waals surface area contributed by atoms with E-state index in [0.717, 1.165) is 37.6 Å². The second kappa shape index (κ2) is 9.74. The lowest BCUT2D eigenvalue weighted by Gasteiger charge is -2.34. The van der Waals surface area contributed by atoms with Crippen molar-refractivity contribution < 1.29 is 4.79 Å². The summed E-state index contributed by atoms with van der Waals surface area (Å²) in [5.74, 6) is 1.53. The largest absolute Gasteiger partial charge is 0.359 e. The van der Waals surface area contributed by atoms with E-state index in [-0.39, 0.29) is 29.9 Å². The molecule has 1 fully saturated rings. The van der Waals surface area contributed by atoms with Crippen LogP contribution in [0.5, 0.6) is 0 Å². The van der Waals surface area contributed by atoms with E-state index in [1.165, 1.54) is 0 Å². The smallest absolute Gasteiger partial charge is 0.220 e. The number of hydrogen-bond acceptors (Lipinski definition) is 3. The van der Waals surface area contributed by atoms with Crippen molar-refractivity contribution in [3.05, 3.63) is 18.0 Å². The Kier molecular flexibility index (Phi) is 8.35. The fraction of sp³-hybridized carbons (Fsp3) is 0.667. The standard InChI is InChI=1S/C15H26N6O.HI/c1-16-14(22)10-12-5-8-21(9-6-12)15(17-2)18-11-13-4-7-19-20(13)3;/h4,7,12H,5-6,8-11H2,1-3H3,(H,16,22)(H,17,18);1H. The number of nitrogens with zero attached hydrogens (tertiary/aromatic N) is 4. The highest BCUT2D eigenvalue weighted by Crippen LogP contribution is 2.20. The van der Waals surface area contributed by atoms with Crippen LogP contribution in [-0.2, 0) is 18.4 Å². The third-order valence-corrected chi connectivity index (χ3v) is 4.23. The van der Waals surface area contributed by atoms with Gasteiger partial charge in [0.15, 0.2) is 5.96 Å². The Bertz CT molecular complexity index is 522. The maximum Gasteiger partial charge on any atom is 0.220 e. The molecule has 1 aromatic rings. The molecule has 23 heavy (non-hydrogen) atoms. The summed E-state index contributed by atoms with van der Waals surface area (Å²) >= 11 is 0. The highest BCUT2D eigenvalue weighted by Gasteiger charge is 2.23. The van der Waals surface area contributed by atoms with Gasteiger partial charge in [-0.1, -0.05) is 0 Å². The SMILES string of the molecule is CN=C(NCc1ccnn1C)N1CCC(CC(=O)NC)CC1.I. The molecule has 1 amide bonds. The molecule has 1 aromatic heterocycles. The van der Waals surface area contributed by atoms with E-state index in [2.05, 4.69) is 25.6 Å². The molecular weight excluding hydrogens is 407 g/mol. The molecule has 0 aliphatic carbocycles. The number of nitrogens with one attached hydrogen (secondary N) is 2. The fourth-order valence-corrected chi connectivity index (χ4v) is 2.79. The van der Waals surface area contributed by atoms with Gasteiger partial charge in [0, 0.05) is 46.9 Å². The predicted octanol–water partition coefficient (Wildman–Crippen LogP) is 0.962. The zero-order valence-corrected chi connectivity index (χ0v) is 16.4. The van der Waals surface area contributed by atoms with Gasteiger partial charge in [-0.15, -0.1) is 24.0 Å². The highest BCUT2D eigenvalue weighted by atomic mass is 127. The first-order valence-electron chi connectivity index (χ1n) is 7.77. The van der Waals surface area contributed by atoms with Gasteiger partial charge >= 0.3 is 0 Å². The Morgan fingerprint density at radius 2 is 2.13 bits per heavy atom. The molecule has 2 rings (SSSR count). The average Bonchev–Trinajstić information content (AvgIpc) is 2.94. The molecule has 1 aliphatic heterocycles. The van der Waals surface area contributed by atoms with Crippen LogP contribution < -0.4 is 10.6 Å². The molecule has 8 heteroatoms. The van der Waals surface area contributed by atoms with Crippen molar-refractivity contribution in [3.8, 4) is 0 Å². The molecule has 1 saturated heterocycles. The minimum Gasteiger partial charge on any atom is -0.359 e. The molecule has 2 heterocycles. The first kappa shape index (κ1) is 19.7. The molecule has 1 aliphatic rings. The van der Waals surface area contributed by atoms with Crippen molar-refractivity contribution in [2.24, 2.45) is 18.0 Å². The molecule has 0 radical (unpaired) electrons. The lowest BCUT2D eigenvalue weighted by molar-refractivity contribution is -0.121. The number of hydrogen-bond donors (Lipinski definition) is 2. The van der Waals surface area contributed by atoms with Gasteiger partial charge in [-0.2, -0.15) is 5.10 Å². The Morgan fingerprint density at radius 1 is 1.43 bits per heavy atom. The van der Waals surface area contributed by atoms with Crippen molar-refractivity contribution in [3.63, 3.8) is 0 Å². The Labute approximate surface area is 154 Å². The number of aliphatic imine (C=N–C) groups is 1. The normalized spacial score (nSPS) is 16.0. The Morgan fingerprint density at radius 3 is 2.65 bits per heavy atom. The van der Waals surface area contributed by atoms with Crippen LogP contribution in [0.15, 0.2) is 17.3 Å². The van der Waals surface area contributed by atoms with Crippen LogP contribution in [0, 0.1) is 5.92 Å². The zero-order valence-electron chi connectivity index (χ0n) is 14.1. The number of amides is 1. The third kappa shape index (κ3) is 5.67. The quantitative estimate of drug-likeness (QED) is 0.421. The van der Waals surface area contributed by atoms with Crippen LogP contribution in [0.1, 0.15) is 25.0 Å². The second-order valence-corrected chi connectivity index (χ2v) is 5.65. The number of rotatable bonds is 4. The number of aryl methyl sites for hydroxylation is 1. The Hall–Kier alpha value is -1.32. The molecule has 0 atom stereocenters. The van der Waals surface area contributed by atoms with Crippen molar-refractivity contribution >= 4 is 35.8 Å². The van der Waals surface area contributed by atoms with Crippen LogP contribution in [0.25, 0.3) is 0 Å². The fourth-order valence-electron chi connectivity index (χ4n) is 2.79. The van der Waals surface area contributed by atoms with Crippen molar-refractivity contribution in [1.82, 2.24) is 25.3 Å². The molecule has 130 valence electrons. The van der Waals surface area contributed by atoms with E-state index in [1.807, 2.05) is 24.8 Å². The summed E-state index contributed by atoms with van der Waals surface area (Å²) in [6, 6.07) is 2.00. The molecule has 0 unspecified atom stereocenters. The van der Waals surface area contributed by atoms with E-state index in [4.69, 9.17) is 0 Å². The summed E-state index contributed by atoms with van der Waals surface area (Å²) < 4.78 is 1.86. The van der Waals surface area contributed by atoms with Crippen LogP contribution in [0.3, 0.4) is 0 Å². The minimum absolute atomic E-state index is 0. The number of halogens is 1. The van der Waals surface area contributed by atoms with Gasteiger partial charge in [-0.3, -0.25) is 14.5 Å². The summed E-state index contributed by atoms with van der Waals surface area (Å²) in [5, 5.41) is 10.3. The highest BCUT2D eigenvalue weighted by molar-refractivity contribution is 14.0. The monoisotopic (exact) mass is 434 g/mol. The van der Waals surface area contributed by atoms with E-state index in [0.29, 0.717) is 18.9 Å². The van der Waals surface area contributed by atoms with Crippen LogP contribution in [-0.4, -0.2) is 53.7 Å². The molecule has 0 saturated carbocycles. The molecule has 7 nitrogen and oxygen atoms in total. The minimum atomic E-state index is 0. The lowest BCUT2D eigenvalue weighted by Crippen LogP contribution is -2.45. The molecule has 2 N–H and O–H groups in total. The van der Waals surface area contributed by atoms with Crippen molar-refractivity contribution in [1.29, 1.82) is 0 Å². The van der Waals surface area contributed by atoms with Gasteiger partial charge in [-0.25, -0.2) is 0 Å². The molecular formula is C15H27IN6O. The first-order chi connectivity index (χ1) is 10.6. The van der Waals surface area contributed by atoms with E-state index < -0.39 is 0 Å². The van der Waals surface area contributed by atoms with Gasteiger partial charge in [0.2, 0.25) is 5.91 Å². The topological polar surface area (TPSA) is 74.5 Å². The lowest BCUT2D eigenvalue weighted by atomic mass is 9.93. The van der Waals surface area contributed by atoms with Crippen molar-refractivity contribution in [2.75, 3.05) is 27.2 Å². The van der Waals surface area contributed by atoms with Crippen molar-refractivity contribution in [2.45, 2.75) is 25.8 Å². The van der Waals surface area contributed by atoms with Crippen LogP contribution >= 0.6 is 24.0 Å². The zero-order chi connectivity index (χ0) is 15.9. The molecule has 0 aromatic carbocycles. The van der Waals surface area contributed by atoms with Gasteiger partial charge in [-0.05, 0) is 24.8 Å². The summed E-state index contributed by atoms with van der Waals surface area (Å²) in [5.41, 5.74) is 1.12. The van der Waals surface area contributed by atoms with E-state index >= 15 is 0 Å². The number of carbonyl (C=O) groups excluding carboxylic acids is 1. The van der Waals surface area contributed by atoms with Gasteiger partial charge in [0.05, 0.1) is 12.2 Å². The summed E-state index contributed by atoms with van der Waals surface area (Å²) in [4.78, 5) is 18.1. The van der Waals surface area contributed by atoms with Crippen LogP contribution in [0.2, 0.25) is 0 Å². The predicted molar refractivity (Wildman–Crippen MR) is 102 cm³/mol. The van der Waals surface area contributed by atoms with Gasteiger partial charge < -0.3 is 15.5 Å². The van der Waals surface area contributed by atoms with Gasteiger partial charge in [0.1, 0.15) is 0 Å². The average molecular weight is 434 g/mol. The van der Waals surface area contributed by atoms with Crippen LogP contribution in [0.4, 0.5) is 0 Å². The summed E-state index contributed by atoms with van der Waals surface area (Å²) in [6.07, 6.45) is 4.48. The molecule has 0 spiro atoms. The van der Waals surface area contributed by atoms with E-state index in [1.54, 1.807) is 13.2 Å². The maximum absolute atomic E-state index is 11.4. The summed E-state index contributed by atoms with van der Waals surface area (Å²) in [6.45, 7) is 2.58.